The number of nitrogens with two attached hydrogens (primary N) is 1. The number of benzene rings is 2. The number of aryl methyl sites for hydroxylation is 1. The Morgan fingerprint density at radius 3 is 2.28 bits per heavy atom. The van der Waals surface area contributed by atoms with Crippen LogP contribution in [0.3, 0.4) is 0 Å². The highest BCUT2D eigenvalue weighted by Gasteiger charge is 2.27. The second-order valence-electron chi connectivity index (χ2n) is 4.65. The number of halogens is 1. The van der Waals surface area contributed by atoms with Crippen molar-refractivity contribution in [3.8, 4) is 0 Å². The molecule has 2 aromatic rings. The molecular weight excluding hydrogens is 225 g/mol. The summed E-state index contributed by atoms with van der Waals surface area (Å²) < 4.78 is 13.4. The second kappa shape index (κ2) is 4.91. The molecule has 2 N–H and O–H groups in total. The van der Waals surface area contributed by atoms with Crippen LogP contribution in [0.25, 0.3) is 0 Å². The van der Waals surface area contributed by atoms with Crippen molar-refractivity contribution in [1.82, 2.24) is 0 Å². The highest BCUT2D eigenvalue weighted by atomic mass is 19.1. The van der Waals surface area contributed by atoms with Crippen molar-refractivity contribution in [3.63, 3.8) is 0 Å². The molecular formula is C16H18FN. The predicted octanol–water partition coefficient (Wildman–Crippen LogP) is 3.75. The molecule has 2 rings (SSSR count). The normalized spacial score (nSPS) is 14.2. The zero-order valence-corrected chi connectivity index (χ0v) is 10.8. The number of hydrogen-bond acceptors (Lipinski definition) is 1. The summed E-state index contributed by atoms with van der Waals surface area (Å²) in [6.45, 7) is 3.81. The fourth-order valence-electron chi connectivity index (χ4n) is 2.23. The highest BCUT2D eigenvalue weighted by Crippen LogP contribution is 2.31. The average molecular weight is 243 g/mol. The SMILES string of the molecule is CCC(N)(c1ccccc1)c1ccc(F)c(C)c1. The lowest BCUT2D eigenvalue weighted by molar-refractivity contribution is 0.516. The summed E-state index contributed by atoms with van der Waals surface area (Å²) >= 11 is 0. The monoisotopic (exact) mass is 243 g/mol. The van der Waals surface area contributed by atoms with Crippen LogP contribution in [-0.4, -0.2) is 0 Å². The number of hydrogen-bond donors (Lipinski definition) is 1. The van der Waals surface area contributed by atoms with Gasteiger partial charge in [-0.3, -0.25) is 0 Å². The van der Waals surface area contributed by atoms with Gasteiger partial charge in [0.25, 0.3) is 0 Å². The third kappa shape index (κ3) is 2.16. The van der Waals surface area contributed by atoms with E-state index in [0.29, 0.717) is 5.56 Å². The van der Waals surface area contributed by atoms with E-state index in [1.165, 1.54) is 6.07 Å². The molecule has 0 aromatic heterocycles. The van der Waals surface area contributed by atoms with E-state index in [9.17, 15) is 4.39 Å². The molecule has 0 heterocycles. The van der Waals surface area contributed by atoms with Crippen LogP contribution in [0.2, 0.25) is 0 Å². The van der Waals surface area contributed by atoms with Crippen LogP contribution in [0.4, 0.5) is 4.39 Å². The van der Waals surface area contributed by atoms with Gasteiger partial charge in [0.15, 0.2) is 0 Å². The summed E-state index contributed by atoms with van der Waals surface area (Å²) in [5, 5.41) is 0. The van der Waals surface area contributed by atoms with Gasteiger partial charge in [0, 0.05) is 0 Å². The molecule has 0 aliphatic rings. The van der Waals surface area contributed by atoms with E-state index in [2.05, 4.69) is 0 Å². The van der Waals surface area contributed by atoms with Crippen molar-refractivity contribution in [2.24, 2.45) is 5.73 Å². The van der Waals surface area contributed by atoms with Crippen molar-refractivity contribution < 1.29 is 4.39 Å². The van der Waals surface area contributed by atoms with Gasteiger partial charge in [-0.25, -0.2) is 4.39 Å². The Balaban J connectivity index is 2.53. The molecule has 0 aliphatic heterocycles. The van der Waals surface area contributed by atoms with Crippen molar-refractivity contribution in [2.45, 2.75) is 25.8 Å². The molecule has 94 valence electrons. The van der Waals surface area contributed by atoms with E-state index >= 15 is 0 Å². The van der Waals surface area contributed by atoms with E-state index < -0.39 is 5.54 Å². The lowest BCUT2D eigenvalue weighted by Gasteiger charge is -2.30. The smallest absolute Gasteiger partial charge is 0.126 e. The van der Waals surface area contributed by atoms with Crippen molar-refractivity contribution in [1.29, 1.82) is 0 Å². The molecule has 0 saturated carbocycles. The van der Waals surface area contributed by atoms with Gasteiger partial charge in [0.1, 0.15) is 5.82 Å². The van der Waals surface area contributed by atoms with Gasteiger partial charge in [-0.15, -0.1) is 0 Å². The molecule has 0 radical (unpaired) electrons. The van der Waals surface area contributed by atoms with Crippen molar-refractivity contribution in [2.75, 3.05) is 0 Å². The molecule has 0 spiro atoms. The second-order valence-corrected chi connectivity index (χ2v) is 4.65. The predicted molar refractivity (Wildman–Crippen MR) is 72.8 cm³/mol. The Kier molecular flexibility index (Phi) is 3.48. The van der Waals surface area contributed by atoms with Crippen LogP contribution in [0.1, 0.15) is 30.0 Å². The van der Waals surface area contributed by atoms with Gasteiger partial charge >= 0.3 is 0 Å². The first-order valence-corrected chi connectivity index (χ1v) is 6.19. The van der Waals surface area contributed by atoms with Crippen LogP contribution >= 0.6 is 0 Å². The van der Waals surface area contributed by atoms with Gasteiger partial charge < -0.3 is 5.73 Å². The van der Waals surface area contributed by atoms with E-state index in [4.69, 9.17) is 5.73 Å². The van der Waals surface area contributed by atoms with Crippen molar-refractivity contribution in [3.05, 3.63) is 71.0 Å². The first-order valence-electron chi connectivity index (χ1n) is 6.19. The fraction of sp³-hybridized carbons (Fsp3) is 0.250. The summed E-state index contributed by atoms with van der Waals surface area (Å²) in [4.78, 5) is 0. The Labute approximate surface area is 107 Å². The quantitative estimate of drug-likeness (QED) is 0.873. The molecule has 1 nitrogen and oxygen atoms in total. The summed E-state index contributed by atoms with van der Waals surface area (Å²) in [5.41, 5.74) is 8.62. The Morgan fingerprint density at radius 2 is 1.72 bits per heavy atom. The van der Waals surface area contributed by atoms with Gasteiger partial charge in [-0.05, 0) is 36.1 Å². The Morgan fingerprint density at radius 1 is 1.06 bits per heavy atom. The van der Waals surface area contributed by atoms with Crippen LogP contribution in [0.15, 0.2) is 48.5 Å². The Hall–Kier alpha value is -1.67. The lowest BCUT2D eigenvalue weighted by atomic mass is 9.81. The molecule has 2 heteroatoms. The minimum absolute atomic E-state index is 0.190. The molecule has 0 saturated heterocycles. The largest absolute Gasteiger partial charge is 0.318 e. The molecule has 18 heavy (non-hydrogen) atoms. The molecule has 0 bridgehead atoms. The zero-order valence-electron chi connectivity index (χ0n) is 10.8. The fourth-order valence-corrected chi connectivity index (χ4v) is 2.23. The minimum Gasteiger partial charge on any atom is -0.318 e. The van der Waals surface area contributed by atoms with Crippen LogP contribution in [0.5, 0.6) is 0 Å². The topological polar surface area (TPSA) is 26.0 Å². The molecule has 1 atom stereocenters. The third-order valence-corrected chi connectivity index (χ3v) is 3.52. The average Bonchev–Trinajstić information content (AvgIpc) is 2.42. The first-order chi connectivity index (χ1) is 8.58. The lowest BCUT2D eigenvalue weighted by Crippen LogP contribution is -2.37. The van der Waals surface area contributed by atoms with Crippen LogP contribution < -0.4 is 5.73 Å². The summed E-state index contributed by atoms with van der Waals surface area (Å²) in [6.07, 6.45) is 0.766. The standard InChI is InChI=1S/C16H18FN/c1-3-16(18,13-7-5-4-6-8-13)14-9-10-15(17)12(2)11-14/h4-11H,3,18H2,1-2H3. The molecule has 1 unspecified atom stereocenters. The van der Waals surface area contributed by atoms with E-state index in [1.807, 2.05) is 43.3 Å². The Bertz CT molecular complexity index is 536. The maximum atomic E-state index is 13.4. The zero-order chi connectivity index (χ0) is 13.2. The van der Waals surface area contributed by atoms with Crippen LogP contribution in [-0.2, 0) is 5.54 Å². The third-order valence-electron chi connectivity index (χ3n) is 3.52. The van der Waals surface area contributed by atoms with E-state index in [-0.39, 0.29) is 5.82 Å². The van der Waals surface area contributed by atoms with Gasteiger partial charge in [-0.2, -0.15) is 0 Å². The minimum atomic E-state index is -0.556. The first kappa shape index (κ1) is 12.8. The van der Waals surface area contributed by atoms with Gasteiger partial charge in [-0.1, -0.05) is 49.4 Å². The maximum Gasteiger partial charge on any atom is 0.126 e. The summed E-state index contributed by atoms with van der Waals surface area (Å²) in [6, 6.07) is 15.1. The van der Waals surface area contributed by atoms with Crippen molar-refractivity contribution >= 4 is 0 Å². The van der Waals surface area contributed by atoms with E-state index in [0.717, 1.165) is 17.5 Å². The van der Waals surface area contributed by atoms with E-state index in [1.54, 1.807) is 13.0 Å². The summed E-state index contributed by atoms with van der Waals surface area (Å²) in [7, 11) is 0. The maximum absolute atomic E-state index is 13.4. The summed E-state index contributed by atoms with van der Waals surface area (Å²) in [5.74, 6) is -0.190. The molecule has 2 aromatic carbocycles. The molecule has 0 fully saturated rings. The van der Waals surface area contributed by atoms with Gasteiger partial charge in [0.2, 0.25) is 0 Å². The molecule has 0 amide bonds. The number of rotatable bonds is 3. The van der Waals surface area contributed by atoms with Crippen LogP contribution in [0, 0.1) is 12.7 Å². The molecule has 0 aliphatic carbocycles. The highest BCUT2D eigenvalue weighted by molar-refractivity contribution is 5.39. The van der Waals surface area contributed by atoms with Gasteiger partial charge in [0.05, 0.1) is 5.54 Å².